The number of nitrogens with two attached hydrogens (primary N) is 1. The summed E-state index contributed by atoms with van der Waals surface area (Å²) in [4.78, 5) is 55.4. The molecule has 1 aliphatic heterocycles. The summed E-state index contributed by atoms with van der Waals surface area (Å²) in [6.07, 6.45) is 11.4. The zero-order chi connectivity index (χ0) is 38.5. The molecule has 1 aliphatic carbocycles. The lowest BCUT2D eigenvalue weighted by molar-refractivity contribution is -0.138. The SMILES string of the molecule is CC(C)(C)c1csc(NCC(=O)N2CCCC2C(N)=O)n1.CCCCC/C=C\C1CC1C(=O)O.COc1ccc2c(=O)cc(-c3ccccc3)[nH]c2c1. The van der Waals surface area contributed by atoms with Crippen molar-refractivity contribution in [3.63, 3.8) is 0 Å². The zero-order valence-corrected chi connectivity index (χ0v) is 32.2. The van der Waals surface area contributed by atoms with Crippen LogP contribution in [-0.4, -0.2) is 64.0 Å². The van der Waals surface area contributed by atoms with Gasteiger partial charge in [0.1, 0.15) is 11.8 Å². The highest BCUT2D eigenvalue weighted by Gasteiger charge is 2.40. The molecule has 2 aromatic carbocycles. The van der Waals surface area contributed by atoms with Gasteiger partial charge in [-0.05, 0) is 55.7 Å². The molecule has 3 unspecified atom stereocenters. The van der Waals surface area contributed by atoms with Crippen LogP contribution < -0.4 is 21.2 Å². The molecule has 6 rings (SSSR count). The smallest absolute Gasteiger partial charge is 0.307 e. The quantitative estimate of drug-likeness (QED) is 0.0862. The van der Waals surface area contributed by atoms with Gasteiger partial charge in [-0.2, -0.15) is 0 Å². The van der Waals surface area contributed by atoms with Crippen molar-refractivity contribution >= 4 is 45.2 Å². The molecule has 3 heterocycles. The number of benzene rings is 2. The fraction of sp³-hybridized carbons (Fsp3) is 0.439. The number of ether oxygens (including phenoxy) is 1. The average molecular weight is 744 g/mol. The molecule has 1 saturated carbocycles. The van der Waals surface area contributed by atoms with Crippen molar-refractivity contribution in [2.75, 3.05) is 25.5 Å². The summed E-state index contributed by atoms with van der Waals surface area (Å²) in [6.45, 7) is 9.21. The van der Waals surface area contributed by atoms with Gasteiger partial charge in [-0.25, -0.2) is 4.98 Å². The number of hydrogen-bond acceptors (Lipinski definition) is 8. The number of aliphatic carboxylic acids is 1. The van der Waals surface area contributed by atoms with Crippen molar-refractivity contribution in [1.82, 2.24) is 14.9 Å². The molecule has 2 aromatic heterocycles. The molecule has 0 radical (unpaired) electrons. The molecule has 0 spiro atoms. The second kappa shape index (κ2) is 19.2. The van der Waals surface area contributed by atoms with Crippen LogP contribution in [0.15, 0.2) is 76.9 Å². The number of carbonyl (C=O) groups excluding carboxylic acids is 2. The fourth-order valence-corrected chi connectivity index (χ4v) is 6.88. The molecule has 2 amide bonds. The largest absolute Gasteiger partial charge is 0.497 e. The van der Waals surface area contributed by atoms with Crippen LogP contribution >= 0.6 is 11.3 Å². The van der Waals surface area contributed by atoms with E-state index in [4.69, 9.17) is 15.6 Å². The van der Waals surface area contributed by atoms with Crippen molar-refractivity contribution in [2.24, 2.45) is 17.6 Å². The Hall–Kier alpha value is -4.97. The number of nitrogens with one attached hydrogen (secondary N) is 2. The number of anilines is 1. The molecule has 12 heteroatoms. The first-order valence-electron chi connectivity index (χ1n) is 18.3. The van der Waals surface area contributed by atoms with E-state index in [-0.39, 0.29) is 29.2 Å². The molecule has 2 fully saturated rings. The number of unbranched alkanes of at least 4 members (excludes halogenated alkanes) is 3. The Labute approximate surface area is 315 Å². The summed E-state index contributed by atoms with van der Waals surface area (Å²) < 4.78 is 5.19. The predicted molar refractivity (Wildman–Crippen MR) is 212 cm³/mol. The Bertz CT molecular complexity index is 1920. The average Bonchev–Trinajstić information content (AvgIpc) is 3.48. The number of amides is 2. The normalized spacial score (nSPS) is 17.8. The Kier molecular flexibility index (Phi) is 14.8. The van der Waals surface area contributed by atoms with E-state index in [0.29, 0.717) is 24.3 Å². The number of methoxy groups -OCH3 is 1. The molecular formula is C41H53N5O6S. The monoisotopic (exact) mass is 743 g/mol. The summed E-state index contributed by atoms with van der Waals surface area (Å²) in [5.41, 5.74) is 8.91. The van der Waals surface area contributed by atoms with Crippen molar-refractivity contribution < 1.29 is 24.2 Å². The van der Waals surface area contributed by atoms with Crippen LogP contribution in [0.3, 0.4) is 0 Å². The van der Waals surface area contributed by atoms with E-state index in [1.165, 1.54) is 30.6 Å². The Balaban J connectivity index is 0.000000183. The van der Waals surface area contributed by atoms with Gasteiger partial charge in [0, 0.05) is 40.6 Å². The summed E-state index contributed by atoms with van der Waals surface area (Å²) in [6, 6.07) is 16.4. The van der Waals surface area contributed by atoms with Crippen LogP contribution in [0.1, 0.15) is 78.3 Å². The van der Waals surface area contributed by atoms with Gasteiger partial charge in [0.2, 0.25) is 11.8 Å². The van der Waals surface area contributed by atoms with E-state index in [1.54, 1.807) is 30.2 Å². The van der Waals surface area contributed by atoms with Crippen molar-refractivity contribution in [1.29, 1.82) is 0 Å². The van der Waals surface area contributed by atoms with Gasteiger partial charge in [-0.3, -0.25) is 19.2 Å². The Morgan fingerprint density at radius 2 is 1.89 bits per heavy atom. The molecule has 3 atom stereocenters. The van der Waals surface area contributed by atoms with Crippen LogP contribution in [0.5, 0.6) is 5.75 Å². The molecule has 11 nitrogen and oxygen atoms in total. The summed E-state index contributed by atoms with van der Waals surface area (Å²) in [7, 11) is 1.61. The summed E-state index contributed by atoms with van der Waals surface area (Å²) in [5, 5.41) is 15.1. The van der Waals surface area contributed by atoms with Crippen molar-refractivity contribution in [3.8, 4) is 17.0 Å². The number of primary amides is 1. The third-order valence-corrected chi connectivity index (χ3v) is 10.0. The number of fused-ring (bicyclic) bond motifs is 1. The van der Waals surface area contributed by atoms with E-state index in [9.17, 15) is 19.2 Å². The molecule has 2 aliphatic rings. The number of hydrogen-bond donors (Lipinski definition) is 4. The number of pyridine rings is 1. The Morgan fingerprint density at radius 3 is 2.51 bits per heavy atom. The van der Waals surface area contributed by atoms with Crippen molar-refractivity contribution in [3.05, 3.63) is 88.0 Å². The van der Waals surface area contributed by atoms with Gasteiger partial charge in [0.25, 0.3) is 0 Å². The number of allylic oxidation sites excluding steroid dienone is 2. The minimum Gasteiger partial charge on any atom is -0.497 e. The van der Waals surface area contributed by atoms with Crippen LogP contribution in [0.4, 0.5) is 5.13 Å². The number of aromatic nitrogens is 2. The minimum absolute atomic E-state index is 0.00748. The maximum atomic E-state index is 12.2. The third-order valence-electron chi connectivity index (χ3n) is 9.20. The Morgan fingerprint density at radius 1 is 1.13 bits per heavy atom. The number of rotatable bonds is 12. The topological polar surface area (TPSA) is 168 Å². The number of thiazole rings is 1. The van der Waals surface area contributed by atoms with E-state index >= 15 is 0 Å². The van der Waals surface area contributed by atoms with Gasteiger partial charge in [0.05, 0.1) is 30.8 Å². The lowest BCUT2D eigenvalue weighted by Gasteiger charge is -2.22. The summed E-state index contributed by atoms with van der Waals surface area (Å²) >= 11 is 1.48. The van der Waals surface area contributed by atoms with E-state index in [1.807, 2.05) is 41.8 Å². The lowest BCUT2D eigenvalue weighted by Crippen LogP contribution is -2.45. The van der Waals surface area contributed by atoms with Gasteiger partial charge in [-0.15, -0.1) is 11.3 Å². The van der Waals surface area contributed by atoms with Gasteiger partial charge < -0.3 is 30.8 Å². The third kappa shape index (κ3) is 12.0. The molecule has 5 N–H and O–H groups in total. The predicted octanol–water partition coefficient (Wildman–Crippen LogP) is 7.38. The highest BCUT2D eigenvalue weighted by molar-refractivity contribution is 7.13. The zero-order valence-electron chi connectivity index (χ0n) is 31.4. The van der Waals surface area contributed by atoms with Crippen molar-refractivity contribution in [2.45, 2.75) is 84.1 Å². The maximum Gasteiger partial charge on any atom is 0.307 e. The maximum absolute atomic E-state index is 12.2. The molecule has 284 valence electrons. The summed E-state index contributed by atoms with van der Waals surface area (Å²) in [5.74, 6) is -0.188. The number of carboxylic acids is 1. The molecule has 4 aromatic rings. The van der Waals surface area contributed by atoms with E-state index in [2.05, 4.69) is 55.1 Å². The van der Waals surface area contributed by atoms with Gasteiger partial charge in [0.15, 0.2) is 10.6 Å². The second-order valence-corrected chi connectivity index (χ2v) is 15.2. The molecule has 1 saturated heterocycles. The van der Waals surface area contributed by atoms with E-state index in [0.717, 1.165) is 52.6 Å². The number of aromatic amines is 1. The number of nitrogens with zero attached hydrogens (tertiary/aromatic N) is 2. The van der Waals surface area contributed by atoms with E-state index < -0.39 is 17.9 Å². The minimum atomic E-state index is -0.636. The number of likely N-dealkylation sites (tertiary alicyclic amines) is 1. The van der Waals surface area contributed by atoms with Crippen LogP contribution in [-0.2, 0) is 19.8 Å². The molecular weight excluding hydrogens is 691 g/mol. The number of carboxylic acid groups (broad SMARTS) is 1. The number of H-pyrrole nitrogens is 1. The highest BCUT2D eigenvalue weighted by Crippen LogP contribution is 2.39. The first kappa shape index (κ1) is 40.8. The number of carbonyl (C=O) groups is 3. The van der Waals surface area contributed by atoms with Crippen LogP contribution in [0, 0.1) is 11.8 Å². The van der Waals surface area contributed by atoms with Crippen LogP contribution in [0.2, 0.25) is 0 Å². The first-order chi connectivity index (χ1) is 25.3. The first-order valence-corrected chi connectivity index (χ1v) is 19.1. The molecule has 53 heavy (non-hydrogen) atoms. The fourth-order valence-electron chi connectivity index (χ4n) is 5.94. The standard InChI is InChI=1S/C16H13NO2.C14H22N4O2S.C11H18O2/c1-19-12-7-8-13-15(9-12)17-14(10-16(13)18)11-5-3-2-4-6-11;1-14(2,3)10-8-21-13(17-10)16-7-11(19)18-6-4-5-9(18)12(15)20;1-2-3-4-5-6-7-9-8-10(9)11(12)13/h2-10H,1H3,(H,17,18);8-9H,4-7H2,1-3H3,(H2,15,20)(H,16,17);6-7,9-10H,2-5,8H2,1H3,(H,12,13)/b;;7-6-. The highest BCUT2D eigenvalue weighted by atomic mass is 32.1. The van der Waals surface area contributed by atoms with Crippen LogP contribution in [0.25, 0.3) is 22.2 Å². The van der Waals surface area contributed by atoms with Gasteiger partial charge >= 0.3 is 5.97 Å². The lowest BCUT2D eigenvalue weighted by atomic mass is 9.93. The second-order valence-electron chi connectivity index (χ2n) is 14.4. The van der Waals surface area contributed by atoms with Gasteiger partial charge in [-0.1, -0.05) is 83.0 Å². The molecule has 0 bridgehead atoms.